The van der Waals surface area contributed by atoms with Gasteiger partial charge in [-0.05, 0) is 31.0 Å². The lowest BCUT2D eigenvalue weighted by molar-refractivity contribution is 1.01. The Labute approximate surface area is 96.4 Å². The van der Waals surface area contributed by atoms with Crippen LogP contribution in [0.1, 0.15) is 11.3 Å². The van der Waals surface area contributed by atoms with Crippen LogP contribution in [0.4, 0.5) is 5.69 Å². The second kappa shape index (κ2) is 5.31. The van der Waals surface area contributed by atoms with Crippen molar-refractivity contribution in [2.24, 2.45) is 0 Å². The van der Waals surface area contributed by atoms with Gasteiger partial charge in [0, 0.05) is 12.7 Å². The van der Waals surface area contributed by atoms with Gasteiger partial charge in [0.05, 0.1) is 11.4 Å². The number of pyridine rings is 1. The number of hydrogen-bond acceptors (Lipinski definition) is 2. The van der Waals surface area contributed by atoms with Crippen molar-refractivity contribution in [1.82, 2.24) is 4.98 Å². The van der Waals surface area contributed by atoms with E-state index < -0.39 is 0 Å². The average Bonchev–Trinajstić information content (AvgIpc) is 2.33. The molecule has 0 spiro atoms. The first-order valence-corrected chi connectivity index (χ1v) is 5.55. The molecule has 16 heavy (non-hydrogen) atoms. The molecule has 0 saturated carbocycles. The van der Waals surface area contributed by atoms with Crippen molar-refractivity contribution >= 4 is 5.69 Å². The third kappa shape index (κ3) is 2.83. The summed E-state index contributed by atoms with van der Waals surface area (Å²) in [6.45, 7) is 2.96. The second-order valence-corrected chi connectivity index (χ2v) is 3.80. The second-order valence-electron chi connectivity index (χ2n) is 3.80. The van der Waals surface area contributed by atoms with Crippen LogP contribution < -0.4 is 5.32 Å². The molecule has 1 N–H and O–H groups in total. The highest BCUT2D eigenvalue weighted by Gasteiger charge is 1.96. The lowest BCUT2D eigenvalue weighted by atomic mass is 10.1. The molecule has 0 fully saturated rings. The summed E-state index contributed by atoms with van der Waals surface area (Å²) in [6, 6.07) is 14.5. The van der Waals surface area contributed by atoms with Gasteiger partial charge in [-0.3, -0.25) is 4.98 Å². The molecule has 0 amide bonds. The molecule has 2 aromatic rings. The summed E-state index contributed by atoms with van der Waals surface area (Å²) in [5.41, 5.74) is 3.53. The molecule has 2 heteroatoms. The molecule has 0 radical (unpaired) electrons. The molecular weight excluding hydrogens is 196 g/mol. The Kier molecular flexibility index (Phi) is 3.54. The number of anilines is 1. The van der Waals surface area contributed by atoms with Gasteiger partial charge in [0.1, 0.15) is 0 Å². The van der Waals surface area contributed by atoms with Crippen LogP contribution in [0.25, 0.3) is 0 Å². The lowest BCUT2D eigenvalue weighted by Crippen LogP contribution is -2.06. The predicted molar refractivity (Wildman–Crippen MR) is 67.6 cm³/mol. The first-order chi connectivity index (χ1) is 7.86. The van der Waals surface area contributed by atoms with Crippen molar-refractivity contribution in [2.45, 2.75) is 13.3 Å². The summed E-state index contributed by atoms with van der Waals surface area (Å²) in [7, 11) is 0. The van der Waals surface area contributed by atoms with Gasteiger partial charge >= 0.3 is 0 Å². The van der Waals surface area contributed by atoms with Gasteiger partial charge in [0.25, 0.3) is 0 Å². The Morgan fingerprint density at radius 2 is 1.88 bits per heavy atom. The van der Waals surface area contributed by atoms with Crippen molar-refractivity contribution in [3.63, 3.8) is 0 Å². The van der Waals surface area contributed by atoms with E-state index in [2.05, 4.69) is 40.6 Å². The van der Waals surface area contributed by atoms with Gasteiger partial charge in [0.2, 0.25) is 0 Å². The molecule has 0 unspecified atom stereocenters. The molecular formula is C14H16N2. The quantitative estimate of drug-likeness (QED) is 0.842. The van der Waals surface area contributed by atoms with E-state index in [-0.39, 0.29) is 0 Å². The first-order valence-electron chi connectivity index (χ1n) is 5.55. The molecule has 0 aliphatic heterocycles. The first kappa shape index (κ1) is 10.7. The van der Waals surface area contributed by atoms with E-state index in [1.54, 1.807) is 0 Å². The number of benzene rings is 1. The van der Waals surface area contributed by atoms with Crippen LogP contribution in [0, 0.1) is 6.92 Å². The maximum atomic E-state index is 4.24. The Hall–Kier alpha value is -1.83. The third-order valence-corrected chi connectivity index (χ3v) is 2.58. The number of aromatic nitrogens is 1. The van der Waals surface area contributed by atoms with Crippen molar-refractivity contribution in [1.29, 1.82) is 0 Å². The molecule has 0 aliphatic carbocycles. The van der Waals surface area contributed by atoms with Crippen LogP contribution in [0.2, 0.25) is 0 Å². The van der Waals surface area contributed by atoms with Crippen LogP contribution in [0.3, 0.4) is 0 Å². The Morgan fingerprint density at radius 3 is 2.62 bits per heavy atom. The van der Waals surface area contributed by atoms with E-state index in [0.717, 1.165) is 24.3 Å². The standard InChI is InChI=1S/C14H16N2/c1-12-14(8-5-10-15-12)16-11-9-13-6-3-2-4-7-13/h2-8,10,16H,9,11H2,1H3. The van der Waals surface area contributed by atoms with E-state index >= 15 is 0 Å². The number of rotatable bonds is 4. The Balaban J connectivity index is 1.87. The van der Waals surface area contributed by atoms with Gasteiger partial charge in [-0.15, -0.1) is 0 Å². The van der Waals surface area contributed by atoms with E-state index in [1.165, 1.54) is 5.56 Å². The molecule has 2 nitrogen and oxygen atoms in total. The molecule has 1 heterocycles. The fraction of sp³-hybridized carbons (Fsp3) is 0.214. The zero-order chi connectivity index (χ0) is 11.2. The van der Waals surface area contributed by atoms with Crippen molar-refractivity contribution in [2.75, 3.05) is 11.9 Å². The third-order valence-electron chi connectivity index (χ3n) is 2.58. The Morgan fingerprint density at radius 1 is 1.06 bits per heavy atom. The molecule has 0 bridgehead atoms. The van der Waals surface area contributed by atoms with Crippen LogP contribution in [-0.2, 0) is 6.42 Å². The molecule has 82 valence electrons. The zero-order valence-electron chi connectivity index (χ0n) is 9.48. The summed E-state index contributed by atoms with van der Waals surface area (Å²) >= 11 is 0. The summed E-state index contributed by atoms with van der Waals surface area (Å²) in [5.74, 6) is 0. The zero-order valence-corrected chi connectivity index (χ0v) is 9.48. The highest BCUT2D eigenvalue weighted by atomic mass is 14.9. The highest BCUT2D eigenvalue weighted by Crippen LogP contribution is 2.10. The average molecular weight is 212 g/mol. The van der Waals surface area contributed by atoms with Gasteiger partial charge in [0.15, 0.2) is 0 Å². The monoisotopic (exact) mass is 212 g/mol. The number of hydrogen-bond donors (Lipinski definition) is 1. The van der Waals surface area contributed by atoms with E-state index in [4.69, 9.17) is 0 Å². The fourth-order valence-electron chi connectivity index (χ4n) is 1.66. The fourth-order valence-corrected chi connectivity index (χ4v) is 1.66. The molecule has 0 aliphatic rings. The van der Waals surface area contributed by atoms with Crippen molar-refractivity contribution in [3.05, 3.63) is 59.9 Å². The van der Waals surface area contributed by atoms with Gasteiger partial charge < -0.3 is 5.32 Å². The van der Waals surface area contributed by atoms with Gasteiger partial charge in [-0.2, -0.15) is 0 Å². The number of nitrogens with one attached hydrogen (secondary N) is 1. The maximum Gasteiger partial charge on any atom is 0.0603 e. The smallest absolute Gasteiger partial charge is 0.0603 e. The predicted octanol–water partition coefficient (Wildman–Crippen LogP) is 3.04. The highest BCUT2D eigenvalue weighted by molar-refractivity contribution is 5.46. The molecule has 0 saturated heterocycles. The van der Waals surface area contributed by atoms with Crippen LogP contribution >= 0.6 is 0 Å². The minimum atomic E-state index is 0.941. The van der Waals surface area contributed by atoms with Crippen LogP contribution in [0.5, 0.6) is 0 Å². The molecule has 1 aromatic carbocycles. The van der Waals surface area contributed by atoms with Crippen molar-refractivity contribution in [3.8, 4) is 0 Å². The number of aryl methyl sites for hydroxylation is 1. The molecule has 2 rings (SSSR count). The summed E-state index contributed by atoms with van der Waals surface area (Å²) in [4.78, 5) is 4.24. The molecule has 1 aromatic heterocycles. The largest absolute Gasteiger partial charge is 0.383 e. The topological polar surface area (TPSA) is 24.9 Å². The Bertz CT molecular complexity index is 437. The minimum Gasteiger partial charge on any atom is -0.383 e. The minimum absolute atomic E-state index is 0.941. The SMILES string of the molecule is Cc1ncccc1NCCc1ccccc1. The summed E-state index contributed by atoms with van der Waals surface area (Å²) in [5, 5.41) is 3.40. The van der Waals surface area contributed by atoms with Gasteiger partial charge in [-0.1, -0.05) is 30.3 Å². The van der Waals surface area contributed by atoms with Crippen LogP contribution in [-0.4, -0.2) is 11.5 Å². The summed E-state index contributed by atoms with van der Waals surface area (Å²) < 4.78 is 0. The van der Waals surface area contributed by atoms with E-state index in [1.807, 2.05) is 25.3 Å². The van der Waals surface area contributed by atoms with Crippen molar-refractivity contribution < 1.29 is 0 Å². The van der Waals surface area contributed by atoms with Crippen LogP contribution in [0.15, 0.2) is 48.7 Å². The van der Waals surface area contributed by atoms with E-state index in [9.17, 15) is 0 Å². The maximum absolute atomic E-state index is 4.24. The van der Waals surface area contributed by atoms with Gasteiger partial charge in [-0.25, -0.2) is 0 Å². The molecule has 0 atom stereocenters. The lowest BCUT2D eigenvalue weighted by Gasteiger charge is -2.08. The normalized spacial score (nSPS) is 10.1. The van der Waals surface area contributed by atoms with E-state index in [0.29, 0.717) is 0 Å². The summed E-state index contributed by atoms with van der Waals surface area (Å²) in [6.07, 6.45) is 2.85. The number of nitrogens with zero attached hydrogens (tertiary/aromatic N) is 1.